The van der Waals surface area contributed by atoms with Crippen LogP contribution < -0.4 is 0 Å². The highest BCUT2D eigenvalue weighted by molar-refractivity contribution is 7.79. The van der Waals surface area contributed by atoms with Crippen molar-refractivity contribution in [2.75, 3.05) is 0 Å². The number of halogens is 2. The zero-order valence-corrected chi connectivity index (χ0v) is 8.49. The van der Waals surface area contributed by atoms with Gasteiger partial charge in [0.1, 0.15) is 0 Å². The van der Waals surface area contributed by atoms with E-state index in [0.717, 1.165) is 0 Å². The maximum absolute atomic E-state index is 11.6. The van der Waals surface area contributed by atoms with Crippen LogP contribution in [0.3, 0.4) is 0 Å². The lowest BCUT2D eigenvalue weighted by Gasteiger charge is -2.18. The number of hydrogen-bond donors (Lipinski definition) is 3. The summed E-state index contributed by atoms with van der Waals surface area (Å²) in [7, 11) is -3.94. The third-order valence-corrected chi connectivity index (χ3v) is 3.72. The van der Waals surface area contributed by atoms with E-state index in [1.165, 1.54) is 0 Å². The third kappa shape index (κ3) is 3.94. The van der Waals surface area contributed by atoms with Crippen LogP contribution >= 0.6 is 38.7 Å². The first-order chi connectivity index (χ1) is 5.10. The zero-order valence-electron chi connectivity index (χ0n) is 4.81. The zero-order chi connectivity index (χ0) is 8.91. The van der Waals surface area contributed by atoms with Crippen molar-refractivity contribution >= 4 is 47.8 Å². The van der Waals surface area contributed by atoms with Gasteiger partial charge < -0.3 is 0 Å². The van der Waals surface area contributed by atoms with Crippen LogP contribution in [0.4, 0.5) is 8.78 Å². The van der Waals surface area contributed by atoms with Crippen molar-refractivity contribution in [3.05, 3.63) is 0 Å². The molecule has 0 N–H and O–H groups in total. The summed E-state index contributed by atoms with van der Waals surface area (Å²) in [6.45, 7) is -3.10. The topological polar surface area (TPSA) is 36.9 Å². The van der Waals surface area contributed by atoms with Gasteiger partial charge in [0.05, 0.1) is 0 Å². The van der Waals surface area contributed by atoms with Gasteiger partial charge in [-0.05, 0) is 38.7 Å². The second-order valence-electron chi connectivity index (χ2n) is 1.15. The van der Waals surface area contributed by atoms with Crippen molar-refractivity contribution in [2.45, 2.75) is 6.61 Å². The molecule has 10 heteroatoms. The Morgan fingerprint density at radius 1 is 1.00 bits per heavy atom. The Kier molecular flexibility index (Phi) is 6.08. The fourth-order valence-corrected chi connectivity index (χ4v) is 2.26. The molecule has 0 aromatic carbocycles. The molecular formula is CH4F2O4S3Si. The quantitative estimate of drug-likeness (QED) is 0.385. The molecule has 0 heterocycles. The minimum Gasteiger partial charge on any atom is -0.291 e. The lowest BCUT2D eigenvalue weighted by molar-refractivity contribution is -0.0973. The van der Waals surface area contributed by atoms with Gasteiger partial charge >= 0.3 is 15.7 Å². The molecular weight excluding hydrogens is 238 g/mol. The Bertz CT molecular complexity index is 103. The molecule has 0 aromatic rings. The third-order valence-electron chi connectivity index (χ3n) is 0.569. The van der Waals surface area contributed by atoms with Crippen LogP contribution in [-0.2, 0) is 16.0 Å². The molecule has 0 radical (unpaired) electrons. The van der Waals surface area contributed by atoms with Crippen LogP contribution in [0.15, 0.2) is 0 Å². The Morgan fingerprint density at radius 2 is 1.36 bits per heavy atom. The number of alkyl halides is 2. The van der Waals surface area contributed by atoms with E-state index in [2.05, 4.69) is 54.8 Å². The molecule has 0 fully saturated rings. The minimum absolute atomic E-state index is 3.10. The standard InChI is InChI=1S/CH4F2O4S3Si/c2-1(3)4-11(5-8,6-9)7-10/h1,8-10H. The number of thiol groups is 3. The van der Waals surface area contributed by atoms with Crippen LogP contribution in [0.5, 0.6) is 0 Å². The fraction of sp³-hybridized carbons (Fsp3) is 1.00. The van der Waals surface area contributed by atoms with Crippen LogP contribution in [0.25, 0.3) is 0 Å². The summed E-state index contributed by atoms with van der Waals surface area (Å²) in [4.78, 5) is 0. The minimum atomic E-state index is -3.94. The van der Waals surface area contributed by atoms with Crippen molar-refractivity contribution in [2.24, 2.45) is 0 Å². The average Bonchev–Trinajstić information content (AvgIpc) is 2.00. The smallest absolute Gasteiger partial charge is 0.291 e. The average molecular weight is 242 g/mol. The molecule has 0 amide bonds. The lowest BCUT2D eigenvalue weighted by atomic mass is 11.5. The first kappa shape index (κ1) is 12.0. The van der Waals surface area contributed by atoms with Crippen LogP contribution in [-0.4, -0.2) is 15.7 Å². The highest BCUT2D eigenvalue weighted by Gasteiger charge is 2.48. The lowest BCUT2D eigenvalue weighted by Crippen LogP contribution is -2.43. The monoisotopic (exact) mass is 242 g/mol. The van der Waals surface area contributed by atoms with E-state index in [4.69, 9.17) is 0 Å². The van der Waals surface area contributed by atoms with Gasteiger partial charge in [-0.2, -0.15) is 8.78 Å². The van der Waals surface area contributed by atoms with Gasteiger partial charge in [-0.25, -0.2) is 0 Å². The fourth-order valence-electron chi connectivity index (χ4n) is 0.224. The molecule has 0 saturated heterocycles. The number of hydrogen-bond acceptors (Lipinski definition) is 7. The largest absolute Gasteiger partial charge is 0.717 e. The summed E-state index contributed by atoms with van der Waals surface area (Å²) in [5, 5.41) is 0. The molecule has 0 bridgehead atoms. The van der Waals surface area contributed by atoms with Crippen LogP contribution in [0.2, 0.25) is 0 Å². The Morgan fingerprint density at radius 3 is 1.45 bits per heavy atom. The van der Waals surface area contributed by atoms with E-state index < -0.39 is 15.7 Å². The van der Waals surface area contributed by atoms with Crippen molar-refractivity contribution in [3.63, 3.8) is 0 Å². The SMILES string of the molecule is FC(F)O[Si](OS)(OS)OS. The Hall–Kier alpha value is 0.967. The van der Waals surface area contributed by atoms with Crippen molar-refractivity contribution in [3.8, 4) is 0 Å². The summed E-state index contributed by atoms with van der Waals surface area (Å²) < 4.78 is 39.2. The molecule has 0 aliphatic rings. The van der Waals surface area contributed by atoms with E-state index in [1.807, 2.05) is 0 Å². The van der Waals surface area contributed by atoms with Crippen molar-refractivity contribution < 1.29 is 24.8 Å². The van der Waals surface area contributed by atoms with Gasteiger partial charge in [0, 0.05) is 0 Å². The van der Waals surface area contributed by atoms with E-state index in [1.54, 1.807) is 0 Å². The predicted octanol–water partition coefficient (Wildman–Crippen LogP) is 1.25. The first-order valence-corrected chi connectivity index (χ1v) is 4.76. The molecule has 0 aromatic heterocycles. The maximum atomic E-state index is 11.6. The molecule has 68 valence electrons. The van der Waals surface area contributed by atoms with Crippen molar-refractivity contribution in [1.29, 1.82) is 0 Å². The second kappa shape index (κ2) is 5.58. The summed E-state index contributed by atoms with van der Waals surface area (Å²) in [6, 6.07) is 0. The molecule has 0 aliphatic heterocycles. The molecule has 0 spiro atoms. The molecule has 11 heavy (non-hydrogen) atoms. The molecule has 0 saturated carbocycles. The highest BCUT2D eigenvalue weighted by Crippen LogP contribution is 2.19. The van der Waals surface area contributed by atoms with Gasteiger partial charge in [0.15, 0.2) is 0 Å². The maximum Gasteiger partial charge on any atom is 0.717 e. The van der Waals surface area contributed by atoms with Crippen LogP contribution in [0, 0.1) is 0 Å². The highest BCUT2D eigenvalue weighted by atomic mass is 32.1. The van der Waals surface area contributed by atoms with Crippen molar-refractivity contribution in [1.82, 2.24) is 0 Å². The normalized spacial score (nSPS) is 12.5. The second-order valence-corrected chi connectivity index (χ2v) is 4.58. The van der Waals surface area contributed by atoms with Gasteiger partial charge in [0.2, 0.25) is 0 Å². The molecule has 4 nitrogen and oxygen atoms in total. The van der Waals surface area contributed by atoms with Gasteiger partial charge in [-0.1, -0.05) is 0 Å². The first-order valence-electron chi connectivity index (χ1n) is 2.04. The van der Waals surface area contributed by atoms with E-state index >= 15 is 0 Å². The van der Waals surface area contributed by atoms with E-state index in [0.29, 0.717) is 0 Å². The Labute approximate surface area is 79.5 Å². The number of rotatable bonds is 5. The summed E-state index contributed by atoms with van der Waals surface area (Å²) in [5.74, 6) is 0. The summed E-state index contributed by atoms with van der Waals surface area (Å²) in [5.41, 5.74) is 0. The summed E-state index contributed by atoms with van der Waals surface area (Å²) in [6.07, 6.45) is 0. The molecule has 0 aliphatic carbocycles. The van der Waals surface area contributed by atoms with Gasteiger partial charge in [-0.15, -0.1) is 0 Å². The molecule has 0 rings (SSSR count). The Balaban J connectivity index is 4.05. The predicted molar refractivity (Wildman–Crippen MR) is 43.1 cm³/mol. The molecule has 0 atom stereocenters. The van der Waals surface area contributed by atoms with Crippen LogP contribution in [0.1, 0.15) is 0 Å². The molecule has 0 unspecified atom stereocenters. The van der Waals surface area contributed by atoms with Gasteiger partial charge in [0.25, 0.3) is 0 Å². The van der Waals surface area contributed by atoms with Gasteiger partial charge in [-0.3, -0.25) is 16.0 Å². The summed E-state index contributed by atoms with van der Waals surface area (Å²) >= 11 is 9.58. The van der Waals surface area contributed by atoms with E-state index in [-0.39, 0.29) is 0 Å². The van der Waals surface area contributed by atoms with E-state index in [9.17, 15) is 8.78 Å².